The van der Waals surface area contributed by atoms with Crippen molar-refractivity contribution >= 4 is 29.1 Å². The van der Waals surface area contributed by atoms with Crippen molar-refractivity contribution in [3.63, 3.8) is 0 Å². The van der Waals surface area contributed by atoms with Gasteiger partial charge in [0, 0.05) is 16.8 Å². The van der Waals surface area contributed by atoms with Crippen LogP contribution in [0.3, 0.4) is 0 Å². The number of amides is 2. The van der Waals surface area contributed by atoms with Crippen molar-refractivity contribution in [2.45, 2.75) is 6.61 Å². The van der Waals surface area contributed by atoms with E-state index in [4.69, 9.17) is 22.1 Å². The number of carbonyl (C=O) groups excluding carboxylic acids is 2. The molecule has 3 aromatic rings. The van der Waals surface area contributed by atoms with Gasteiger partial charge in [0.2, 0.25) is 5.91 Å². The number of nitrogens with two attached hydrogens (primary N) is 1. The highest BCUT2D eigenvalue weighted by atomic mass is 35.5. The zero-order chi connectivity index (χ0) is 19.2. The van der Waals surface area contributed by atoms with Crippen LogP contribution in [0.15, 0.2) is 72.8 Å². The Balaban J connectivity index is 1.77. The van der Waals surface area contributed by atoms with Crippen LogP contribution in [0.5, 0.6) is 5.75 Å². The molecular formula is C21H17ClN2O3. The normalized spacial score (nSPS) is 10.3. The quantitative estimate of drug-likeness (QED) is 0.670. The van der Waals surface area contributed by atoms with Crippen molar-refractivity contribution in [3.8, 4) is 5.75 Å². The number of hydrogen-bond acceptors (Lipinski definition) is 3. The lowest BCUT2D eigenvalue weighted by molar-refractivity contribution is 0.0996. The summed E-state index contributed by atoms with van der Waals surface area (Å²) in [7, 11) is 0. The summed E-state index contributed by atoms with van der Waals surface area (Å²) in [5.74, 6) is -0.260. The standard InChI is InChI=1S/C21H17ClN2O3/c22-19-11-10-15(12-18(19)20(23)25)24-21(26)17-9-5-4-6-14(17)13-27-16-7-2-1-3-8-16/h1-12H,13H2,(H2,23,25)(H,24,26). The van der Waals surface area contributed by atoms with Gasteiger partial charge in [0.1, 0.15) is 12.4 Å². The molecule has 27 heavy (non-hydrogen) atoms. The molecule has 6 heteroatoms. The number of benzene rings is 3. The summed E-state index contributed by atoms with van der Waals surface area (Å²) in [5.41, 5.74) is 7.08. The molecule has 0 unspecified atom stereocenters. The van der Waals surface area contributed by atoms with E-state index in [0.717, 1.165) is 11.3 Å². The highest BCUT2D eigenvalue weighted by molar-refractivity contribution is 6.34. The van der Waals surface area contributed by atoms with Crippen LogP contribution in [-0.2, 0) is 6.61 Å². The molecule has 3 N–H and O–H groups in total. The first-order chi connectivity index (χ1) is 13.0. The average Bonchev–Trinajstić information content (AvgIpc) is 2.68. The van der Waals surface area contributed by atoms with Crippen LogP contribution in [0.2, 0.25) is 5.02 Å². The van der Waals surface area contributed by atoms with E-state index in [1.165, 1.54) is 12.1 Å². The predicted molar refractivity (Wildman–Crippen MR) is 105 cm³/mol. The lowest BCUT2D eigenvalue weighted by Crippen LogP contribution is -2.16. The average molecular weight is 381 g/mol. The Labute approximate surface area is 161 Å². The molecule has 0 aliphatic rings. The van der Waals surface area contributed by atoms with E-state index in [1.54, 1.807) is 18.2 Å². The van der Waals surface area contributed by atoms with Crippen molar-refractivity contribution < 1.29 is 14.3 Å². The molecule has 3 rings (SSSR count). The monoisotopic (exact) mass is 380 g/mol. The van der Waals surface area contributed by atoms with Gasteiger partial charge in [0.25, 0.3) is 5.91 Å². The Morgan fingerprint density at radius 2 is 1.63 bits per heavy atom. The Kier molecular flexibility index (Phi) is 5.74. The zero-order valence-electron chi connectivity index (χ0n) is 14.3. The number of anilines is 1. The van der Waals surface area contributed by atoms with Gasteiger partial charge in [-0.1, -0.05) is 48.0 Å². The smallest absolute Gasteiger partial charge is 0.256 e. The van der Waals surface area contributed by atoms with E-state index in [2.05, 4.69) is 5.32 Å². The van der Waals surface area contributed by atoms with Gasteiger partial charge in [-0.05, 0) is 36.4 Å². The molecular weight excluding hydrogens is 364 g/mol. The maximum Gasteiger partial charge on any atom is 0.256 e. The third-order valence-electron chi connectivity index (χ3n) is 3.89. The number of hydrogen-bond donors (Lipinski definition) is 2. The fraction of sp³-hybridized carbons (Fsp3) is 0.0476. The summed E-state index contributed by atoms with van der Waals surface area (Å²) in [5, 5.41) is 2.99. The Bertz CT molecular complexity index is 974. The fourth-order valence-corrected chi connectivity index (χ4v) is 2.75. The van der Waals surface area contributed by atoms with E-state index in [-0.39, 0.29) is 23.1 Å². The molecule has 0 heterocycles. The van der Waals surface area contributed by atoms with E-state index < -0.39 is 5.91 Å². The highest BCUT2D eigenvalue weighted by Gasteiger charge is 2.14. The second-order valence-corrected chi connectivity index (χ2v) is 6.18. The fourth-order valence-electron chi connectivity index (χ4n) is 2.54. The van der Waals surface area contributed by atoms with Crippen LogP contribution < -0.4 is 15.8 Å². The number of halogens is 1. The molecule has 0 bridgehead atoms. The lowest BCUT2D eigenvalue weighted by atomic mass is 10.1. The number of nitrogens with one attached hydrogen (secondary N) is 1. The highest BCUT2D eigenvalue weighted by Crippen LogP contribution is 2.21. The van der Waals surface area contributed by atoms with E-state index in [1.807, 2.05) is 42.5 Å². The summed E-state index contributed by atoms with van der Waals surface area (Å²) in [6.45, 7) is 0.251. The number of rotatable bonds is 6. The van der Waals surface area contributed by atoms with Crippen LogP contribution in [0, 0.1) is 0 Å². The van der Waals surface area contributed by atoms with Crippen LogP contribution >= 0.6 is 11.6 Å². The third kappa shape index (κ3) is 4.65. The summed E-state index contributed by atoms with van der Waals surface area (Å²) in [6.07, 6.45) is 0. The summed E-state index contributed by atoms with van der Waals surface area (Å²) >= 11 is 5.94. The van der Waals surface area contributed by atoms with Gasteiger partial charge < -0.3 is 15.8 Å². The largest absolute Gasteiger partial charge is 0.489 e. The molecule has 0 atom stereocenters. The Hall–Kier alpha value is -3.31. The van der Waals surface area contributed by atoms with Crippen molar-refractivity contribution in [3.05, 3.63) is 94.5 Å². The van der Waals surface area contributed by atoms with Crippen LogP contribution in [-0.4, -0.2) is 11.8 Å². The molecule has 0 saturated carbocycles. The van der Waals surface area contributed by atoms with Crippen molar-refractivity contribution in [1.29, 1.82) is 0 Å². The topological polar surface area (TPSA) is 81.4 Å². The van der Waals surface area contributed by atoms with Gasteiger partial charge in [-0.25, -0.2) is 0 Å². The molecule has 136 valence electrons. The van der Waals surface area contributed by atoms with Gasteiger partial charge >= 0.3 is 0 Å². The molecule has 0 aliphatic heterocycles. The molecule has 0 fully saturated rings. The SMILES string of the molecule is NC(=O)c1cc(NC(=O)c2ccccc2COc2ccccc2)ccc1Cl. The first-order valence-electron chi connectivity index (χ1n) is 8.21. The third-order valence-corrected chi connectivity index (χ3v) is 4.22. The molecule has 0 spiro atoms. The minimum absolute atomic E-state index is 0.148. The van der Waals surface area contributed by atoms with Gasteiger partial charge in [-0.2, -0.15) is 0 Å². The van der Waals surface area contributed by atoms with Crippen LogP contribution in [0.4, 0.5) is 5.69 Å². The first kappa shape index (κ1) is 18.5. The zero-order valence-corrected chi connectivity index (χ0v) is 15.1. The molecule has 3 aromatic carbocycles. The molecule has 0 saturated heterocycles. The van der Waals surface area contributed by atoms with Gasteiger partial charge in [0.15, 0.2) is 0 Å². The molecule has 2 amide bonds. The molecule has 0 radical (unpaired) electrons. The lowest BCUT2D eigenvalue weighted by Gasteiger charge is -2.12. The number of primary amides is 1. The van der Waals surface area contributed by atoms with E-state index >= 15 is 0 Å². The second-order valence-electron chi connectivity index (χ2n) is 5.77. The van der Waals surface area contributed by atoms with Gasteiger partial charge in [-0.3, -0.25) is 9.59 Å². The number of ether oxygens (including phenoxy) is 1. The predicted octanol–water partition coefficient (Wildman–Crippen LogP) is 4.27. The summed E-state index contributed by atoms with van der Waals surface area (Å²) in [6, 6.07) is 21.1. The molecule has 0 aromatic heterocycles. The van der Waals surface area contributed by atoms with Gasteiger partial charge in [0.05, 0.1) is 10.6 Å². The maximum absolute atomic E-state index is 12.7. The maximum atomic E-state index is 12.7. The van der Waals surface area contributed by atoms with Crippen molar-refractivity contribution in [1.82, 2.24) is 0 Å². The van der Waals surface area contributed by atoms with Gasteiger partial charge in [-0.15, -0.1) is 0 Å². The first-order valence-corrected chi connectivity index (χ1v) is 8.59. The van der Waals surface area contributed by atoms with E-state index in [0.29, 0.717) is 11.3 Å². The second kappa shape index (κ2) is 8.38. The number of para-hydroxylation sites is 1. The van der Waals surface area contributed by atoms with Crippen LogP contribution in [0.1, 0.15) is 26.3 Å². The Morgan fingerprint density at radius 1 is 0.926 bits per heavy atom. The Morgan fingerprint density at radius 3 is 2.37 bits per heavy atom. The minimum atomic E-state index is -0.659. The summed E-state index contributed by atoms with van der Waals surface area (Å²) < 4.78 is 5.74. The number of carbonyl (C=O) groups is 2. The van der Waals surface area contributed by atoms with Crippen molar-refractivity contribution in [2.24, 2.45) is 5.73 Å². The molecule has 5 nitrogen and oxygen atoms in total. The minimum Gasteiger partial charge on any atom is -0.489 e. The molecule has 0 aliphatic carbocycles. The van der Waals surface area contributed by atoms with E-state index in [9.17, 15) is 9.59 Å². The summed E-state index contributed by atoms with van der Waals surface area (Å²) in [4.78, 5) is 24.1. The van der Waals surface area contributed by atoms with Crippen molar-refractivity contribution in [2.75, 3.05) is 5.32 Å². The van der Waals surface area contributed by atoms with Crippen LogP contribution in [0.25, 0.3) is 0 Å².